The highest BCUT2D eigenvalue weighted by molar-refractivity contribution is 8.03. The lowest BCUT2D eigenvalue weighted by Gasteiger charge is -2.26. The molecule has 1 aliphatic heterocycles. The van der Waals surface area contributed by atoms with Crippen molar-refractivity contribution in [3.05, 3.63) is 57.8 Å². The minimum atomic E-state index is 0.00992. The van der Waals surface area contributed by atoms with Crippen LogP contribution in [-0.2, 0) is 0 Å². The van der Waals surface area contributed by atoms with Gasteiger partial charge in [0.25, 0.3) is 0 Å². The number of hydrogen-bond acceptors (Lipinski definition) is 5. The lowest BCUT2D eigenvalue weighted by Crippen LogP contribution is -2.33. The van der Waals surface area contributed by atoms with Crippen molar-refractivity contribution in [1.29, 1.82) is 5.26 Å². The topological polar surface area (TPSA) is 47.3 Å². The number of anilines is 1. The maximum Gasteiger partial charge on any atom is 0.103 e. The second kappa shape index (κ2) is 6.35. The van der Waals surface area contributed by atoms with Gasteiger partial charge in [0.2, 0.25) is 0 Å². The molecule has 0 bridgehead atoms. The third kappa shape index (κ3) is 2.70. The molecule has 106 valence electrons. The molecule has 1 atom stereocenters. The minimum Gasteiger partial charge on any atom is -0.394 e. The molecule has 1 aliphatic rings. The van der Waals surface area contributed by atoms with Crippen molar-refractivity contribution >= 4 is 34.4 Å². The summed E-state index contributed by atoms with van der Waals surface area (Å²) in [5.41, 5.74) is 1.70. The second-order valence-corrected chi connectivity index (χ2v) is 6.58. The Kier molecular flexibility index (Phi) is 4.30. The lowest BCUT2D eigenvalue weighted by molar-refractivity contribution is 0.275. The van der Waals surface area contributed by atoms with E-state index < -0.39 is 0 Å². The summed E-state index contributed by atoms with van der Waals surface area (Å²) in [6.45, 7) is 0.0779. The molecule has 1 fully saturated rings. The third-order valence-electron chi connectivity index (χ3n) is 3.33. The Balaban J connectivity index is 2.11. The first-order valence-electron chi connectivity index (χ1n) is 6.61. The molecule has 21 heavy (non-hydrogen) atoms. The van der Waals surface area contributed by atoms with Gasteiger partial charge in [-0.3, -0.25) is 0 Å². The SMILES string of the molecule is N#C/C(=C1/SCC(CO)N1c1ccccc1)c1cccs1. The number of aliphatic hydroxyl groups is 1. The summed E-state index contributed by atoms with van der Waals surface area (Å²) in [6.07, 6.45) is 0. The van der Waals surface area contributed by atoms with Gasteiger partial charge in [-0.25, -0.2) is 0 Å². The van der Waals surface area contributed by atoms with E-state index in [0.29, 0.717) is 5.57 Å². The van der Waals surface area contributed by atoms with Crippen LogP contribution in [0.2, 0.25) is 0 Å². The van der Waals surface area contributed by atoms with E-state index in [2.05, 4.69) is 11.0 Å². The third-order valence-corrected chi connectivity index (χ3v) is 5.45. The number of nitrogens with zero attached hydrogens (tertiary/aromatic N) is 2. The molecular formula is C16H14N2OS2. The molecule has 3 nitrogen and oxygen atoms in total. The average molecular weight is 314 g/mol. The molecule has 0 spiro atoms. The van der Waals surface area contributed by atoms with Crippen LogP contribution in [0.4, 0.5) is 5.69 Å². The molecule has 1 saturated heterocycles. The predicted molar refractivity (Wildman–Crippen MR) is 89.1 cm³/mol. The Morgan fingerprint density at radius 3 is 2.71 bits per heavy atom. The van der Waals surface area contributed by atoms with Gasteiger partial charge in [0, 0.05) is 16.3 Å². The smallest absolute Gasteiger partial charge is 0.103 e. The number of rotatable bonds is 3. The van der Waals surface area contributed by atoms with Gasteiger partial charge in [0.1, 0.15) is 6.07 Å². The fraction of sp³-hybridized carbons (Fsp3) is 0.188. The summed E-state index contributed by atoms with van der Waals surface area (Å²) < 4.78 is 0. The number of thioether (sulfide) groups is 1. The van der Waals surface area contributed by atoms with E-state index in [9.17, 15) is 10.4 Å². The van der Waals surface area contributed by atoms with Crippen LogP contribution in [0.15, 0.2) is 52.9 Å². The number of aliphatic hydroxyl groups excluding tert-OH is 1. The Hall–Kier alpha value is -1.74. The first-order valence-corrected chi connectivity index (χ1v) is 8.48. The van der Waals surface area contributed by atoms with Crippen LogP contribution in [0, 0.1) is 11.3 Å². The van der Waals surface area contributed by atoms with Crippen LogP contribution in [0.1, 0.15) is 4.88 Å². The van der Waals surface area contributed by atoms with Gasteiger partial charge in [0.05, 0.1) is 23.3 Å². The van der Waals surface area contributed by atoms with Gasteiger partial charge in [0.15, 0.2) is 0 Å². The zero-order valence-electron chi connectivity index (χ0n) is 11.3. The van der Waals surface area contributed by atoms with Gasteiger partial charge in [-0.15, -0.1) is 23.1 Å². The maximum absolute atomic E-state index is 9.64. The second-order valence-electron chi connectivity index (χ2n) is 4.62. The van der Waals surface area contributed by atoms with Crippen LogP contribution in [0.3, 0.4) is 0 Å². The quantitative estimate of drug-likeness (QED) is 0.880. The number of nitriles is 1. The van der Waals surface area contributed by atoms with Crippen LogP contribution >= 0.6 is 23.1 Å². The molecule has 2 aromatic rings. The summed E-state index contributed by atoms with van der Waals surface area (Å²) in [6, 6.07) is 16.2. The van der Waals surface area contributed by atoms with Gasteiger partial charge in [-0.2, -0.15) is 5.26 Å². The molecule has 2 heterocycles. The van der Waals surface area contributed by atoms with E-state index in [0.717, 1.165) is 21.3 Å². The van der Waals surface area contributed by atoms with Crippen LogP contribution in [0.5, 0.6) is 0 Å². The lowest BCUT2D eigenvalue weighted by atomic mass is 10.2. The fourth-order valence-corrected chi connectivity index (χ4v) is 4.44. The number of benzene rings is 1. The van der Waals surface area contributed by atoms with Crippen molar-refractivity contribution in [3.63, 3.8) is 0 Å². The van der Waals surface area contributed by atoms with E-state index in [4.69, 9.17) is 0 Å². The van der Waals surface area contributed by atoms with Crippen molar-refractivity contribution in [2.75, 3.05) is 17.3 Å². The predicted octanol–water partition coefficient (Wildman–Crippen LogP) is 3.55. The van der Waals surface area contributed by atoms with Crippen molar-refractivity contribution in [2.24, 2.45) is 0 Å². The molecule has 1 aromatic heterocycles. The van der Waals surface area contributed by atoms with Crippen molar-refractivity contribution < 1.29 is 5.11 Å². The normalized spacial score (nSPS) is 20.4. The van der Waals surface area contributed by atoms with Crippen LogP contribution in [0.25, 0.3) is 5.57 Å². The highest BCUT2D eigenvalue weighted by Gasteiger charge is 2.32. The Morgan fingerprint density at radius 1 is 1.29 bits per heavy atom. The molecule has 3 rings (SSSR count). The molecular weight excluding hydrogens is 300 g/mol. The fourth-order valence-electron chi connectivity index (χ4n) is 2.36. The van der Waals surface area contributed by atoms with E-state index in [1.54, 1.807) is 23.1 Å². The van der Waals surface area contributed by atoms with Gasteiger partial charge < -0.3 is 10.0 Å². The van der Waals surface area contributed by atoms with E-state index >= 15 is 0 Å². The Bertz CT molecular complexity index is 674. The highest BCUT2D eigenvalue weighted by Crippen LogP contribution is 2.41. The van der Waals surface area contributed by atoms with Crippen molar-refractivity contribution in [2.45, 2.75) is 6.04 Å². The zero-order valence-corrected chi connectivity index (χ0v) is 12.9. The monoisotopic (exact) mass is 314 g/mol. The highest BCUT2D eigenvalue weighted by atomic mass is 32.2. The Labute approximate surface area is 132 Å². The average Bonchev–Trinajstić information content (AvgIpc) is 3.19. The maximum atomic E-state index is 9.64. The van der Waals surface area contributed by atoms with Crippen molar-refractivity contribution in [1.82, 2.24) is 0 Å². The molecule has 1 N–H and O–H groups in total. The van der Waals surface area contributed by atoms with E-state index in [-0.39, 0.29) is 12.6 Å². The van der Waals surface area contributed by atoms with Crippen LogP contribution in [-0.4, -0.2) is 23.5 Å². The number of allylic oxidation sites excluding steroid dienone is 1. The number of para-hydroxylation sites is 1. The van der Waals surface area contributed by atoms with Gasteiger partial charge in [-0.05, 0) is 23.6 Å². The summed E-state index contributed by atoms with van der Waals surface area (Å²) in [5, 5.41) is 22.1. The summed E-state index contributed by atoms with van der Waals surface area (Å²) in [4.78, 5) is 3.06. The molecule has 0 radical (unpaired) electrons. The zero-order chi connectivity index (χ0) is 14.7. The van der Waals surface area contributed by atoms with Crippen LogP contribution < -0.4 is 4.90 Å². The molecule has 0 amide bonds. The molecule has 1 aromatic carbocycles. The first-order chi connectivity index (χ1) is 10.3. The van der Waals surface area contributed by atoms with E-state index in [1.165, 1.54) is 0 Å². The minimum absolute atomic E-state index is 0.00992. The Morgan fingerprint density at radius 2 is 2.10 bits per heavy atom. The van der Waals surface area contributed by atoms with Gasteiger partial charge >= 0.3 is 0 Å². The standard InChI is InChI=1S/C16H14N2OS2/c17-9-14(15-7-4-8-20-15)16-18(13(10-19)11-21-16)12-5-2-1-3-6-12/h1-8,13,19H,10-11H2/b16-14-. The number of hydrogen-bond donors (Lipinski definition) is 1. The summed E-state index contributed by atoms with van der Waals surface area (Å²) in [5.74, 6) is 0.789. The summed E-state index contributed by atoms with van der Waals surface area (Å²) in [7, 11) is 0. The first kappa shape index (κ1) is 14.2. The summed E-state index contributed by atoms with van der Waals surface area (Å²) >= 11 is 3.20. The largest absolute Gasteiger partial charge is 0.394 e. The van der Waals surface area contributed by atoms with Crippen molar-refractivity contribution in [3.8, 4) is 6.07 Å². The van der Waals surface area contributed by atoms with Gasteiger partial charge in [-0.1, -0.05) is 24.3 Å². The molecule has 0 aliphatic carbocycles. The molecule has 5 heteroatoms. The van der Waals surface area contributed by atoms with E-state index in [1.807, 2.05) is 47.8 Å². The number of thiophene rings is 1. The molecule has 1 unspecified atom stereocenters. The molecule has 0 saturated carbocycles.